The van der Waals surface area contributed by atoms with E-state index in [4.69, 9.17) is 0 Å². The van der Waals surface area contributed by atoms with Gasteiger partial charge in [-0.05, 0) is 32.9 Å². The first-order valence-electron chi connectivity index (χ1n) is 5.14. The largest absolute Gasteiger partial charge is 0.389 e. The van der Waals surface area contributed by atoms with Gasteiger partial charge in [-0.15, -0.1) is 0 Å². The van der Waals surface area contributed by atoms with Gasteiger partial charge in [0.15, 0.2) is 0 Å². The lowest BCUT2D eigenvalue weighted by Gasteiger charge is -2.27. The second-order valence-electron chi connectivity index (χ2n) is 4.05. The second kappa shape index (κ2) is 4.62. The van der Waals surface area contributed by atoms with Gasteiger partial charge in [0.2, 0.25) is 0 Å². The van der Waals surface area contributed by atoms with E-state index in [1.807, 2.05) is 31.9 Å². The molecule has 2 nitrogen and oxygen atoms in total. The van der Waals surface area contributed by atoms with Crippen LogP contribution in [0.15, 0.2) is 18.2 Å². The smallest absolute Gasteiger partial charge is 0.131 e. The number of aliphatic hydroxyl groups excluding tert-OH is 1. The van der Waals surface area contributed by atoms with E-state index in [-0.39, 0.29) is 11.9 Å². The predicted molar refractivity (Wildman–Crippen MR) is 60.6 cm³/mol. The fourth-order valence-corrected chi connectivity index (χ4v) is 1.52. The SMILES string of the molecule is CC(O)c1c(F)cccc1N(C)C(C)C. The molecule has 0 radical (unpaired) electrons. The van der Waals surface area contributed by atoms with Crippen molar-refractivity contribution in [2.45, 2.75) is 32.9 Å². The topological polar surface area (TPSA) is 23.5 Å². The summed E-state index contributed by atoms with van der Waals surface area (Å²) in [5, 5.41) is 9.55. The predicted octanol–water partition coefficient (Wildman–Crippen LogP) is 2.72. The lowest BCUT2D eigenvalue weighted by Crippen LogP contribution is -2.27. The normalized spacial score (nSPS) is 13.0. The Morgan fingerprint density at radius 2 is 1.87 bits per heavy atom. The van der Waals surface area contributed by atoms with Gasteiger partial charge in [0.1, 0.15) is 5.82 Å². The lowest BCUT2D eigenvalue weighted by atomic mass is 10.1. The molecule has 0 bridgehead atoms. The highest BCUT2D eigenvalue weighted by atomic mass is 19.1. The van der Waals surface area contributed by atoms with Crippen LogP contribution in [0.25, 0.3) is 0 Å². The molecule has 0 aromatic heterocycles. The number of benzene rings is 1. The molecule has 1 unspecified atom stereocenters. The van der Waals surface area contributed by atoms with Gasteiger partial charge in [0.05, 0.1) is 6.10 Å². The average Bonchev–Trinajstić information content (AvgIpc) is 2.15. The van der Waals surface area contributed by atoms with Crippen molar-refractivity contribution in [1.29, 1.82) is 0 Å². The van der Waals surface area contributed by atoms with Gasteiger partial charge >= 0.3 is 0 Å². The molecule has 0 fully saturated rings. The number of anilines is 1. The van der Waals surface area contributed by atoms with Crippen molar-refractivity contribution < 1.29 is 9.50 Å². The minimum Gasteiger partial charge on any atom is -0.389 e. The van der Waals surface area contributed by atoms with E-state index in [9.17, 15) is 9.50 Å². The van der Waals surface area contributed by atoms with Gasteiger partial charge in [-0.2, -0.15) is 0 Å². The number of aliphatic hydroxyl groups is 1. The average molecular weight is 211 g/mol. The molecule has 0 heterocycles. The lowest BCUT2D eigenvalue weighted by molar-refractivity contribution is 0.194. The van der Waals surface area contributed by atoms with Crippen LogP contribution in [0.5, 0.6) is 0 Å². The van der Waals surface area contributed by atoms with E-state index in [1.54, 1.807) is 13.0 Å². The quantitative estimate of drug-likeness (QED) is 0.831. The van der Waals surface area contributed by atoms with Crippen LogP contribution in [0.4, 0.5) is 10.1 Å². The first-order chi connectivity index (χ1) is 6.95. The summed E-state index contributed by atoms with van der Waals surface area (Å²) in [5.41, 5.74) is 1.12. The number of rotatable bonds is 3. The fourth-order valence-electron chi connectivity index (χ4n) is 1.52. The van der Waals surface area contributed by atoms with Crippen LogP contribution in [0, 0.1) is 5.82 Å². The van der Waals surface area contributed by atoms with E-state index in [0.29, 0.717) is 5.56 Å². The van der Waals surface area contributed by atoms with Crippen LogP contribution in [-0.4, -0.2) is 18.2 Å². The summed E-state index contributed by atoms with van der Waals surface area (Å²) in [5.74, 6) is -0.352. The maximum absolute atomic E-state index is 13.5. The monoisotopic (exact) mass is 211 g/mol. The zero-order valence-electron chi connectivity index (χ0n) is 9.66. The van der Waals surface area contributed by atoms with Crippen molar-refractivity contribution in [3.63, 3.8) is 0 Å². The molecule has 0 spiro atoms. The van der Waals surface area contributed by atoms with Gasteiger partial charge in [0.25, 0.3) is 0 Å². The molecule has 84 valence electrons. The maximum atomic E-state index is 13.5. The molecular weight excluding hydrogens is 193 g/mol. The Bertz CT molecular complexity index is 336. The standard InChI is InChI=1S/C12H18FNO/c1-8(2)14(4)11-7-5-6-10(13)12(11)9(3)15/h5-9,15H,1-4H3. The first kappa shape index (κ1) is 12.0. The summed E-state index contributed by atoms with van der Waals surface area (Å²) >= 11 is 0. The Labute approximate surface area is 90.3 Å². The third kappa shape index (κ3) is 2.48. The van der Waals surface area contributed by atoms with Gasteiger partial charge in [-0.25, -0.2) is 4.39 Å². The van der Waals surface area contributed by atoms with Gasteiger partial charge < -0.3 is 10.0 Å². The van der Waals surface area contributed by atoms with Crippen molar-refractivity contribution in [3.05, 3.63) is 29.6 Å². The van der Waals surface area contributed by atoms with Crippen LogP contribution in [-0.2, 0) is 0 Å². The van der Waals surface area contributed by atoms with E-state index < -0.39 is 6.10 Å². The van der Waals surface area contributed by atoms with E-state index >= 15 is 0 Å². The second-order valence-corrected chi connectivity index (χ2v) is 4.05. The van der Waals surface area contributed by atoms with Gasteiger partial charge in [-0.3, -0.25) is 0 Å². The summed E-state index contributed by atoms with van der Waals surface area (Å²) in [6, 6.07) is 5.13. The molecular formula is C12H18FNO. The number of hydrogen-bond acceptors (Lipinski definition) is 2. The van der Waals surface area contributed by atoms with E-state index in [2.05, 4.69) is 0 Å². The Morgan fingerprint density at radius 3 is 2.33 bits per heavy atom. The highest BCUT2D eigenvalue weighted by Gasteiger charge is 2.17. The molecule has 0 aliphatic heterocycles. The maximum Gasteiger partial charge on any atom is 0.131 e. The summed E-state index contributed by atoms with van der Waals surface area (Å²) in [6.45, 7) is 5.63. The van der Waals surface area contributed by atoms with Crippen LogP contribution in [0.1, 0.15) is 32.4 Å². The van der Waals surface area contributed by atoms with Crippen LogP contribution < -0.4 is 4.90 Å². The Balaban J connectivity index is 3.22. The van der Waals surface area contributed by atoms with Crippen molar-refractivity contribution in [2.75, 3.05) is 11.9 Å². The third-order valence-corrected chi connectivity index (χ3v) is 2.60. The van der Waals surface area contributed by atoms with E-state index in [0.717, 1.165) is 5.69 Å². The van der Waals surface area contributed by atoms with Crippen LogP contribution >= 0.6 is 0 Å². The molecule has 1 rings (SSSR count). The molecule has 0 saturated heterocycles. The number of hydrogen-bond donors (Lipinski definition) is 1. The van der Waals surface area contributed by atoms with Crippen LogP contribution in [0.2, 0.25) is 0 Å². The molecule has 15 heavy (non-hydrogen) atoms. The molecule has 0 aliphatic carbocycles. The van der Waals surface area contributed by atoms with Crippen molar-refractivity contribution in [3.8, 4) is 0 Å². The summed E-state index contributed by atoms with van der Waals surface area (Å²) in [4.78, 5) is 1.95. The zero-order chi connectivity index (χ0) is 11.6. The zero-order valence-corrected chi connectivity index (χ0v) is 9.66. The molecule has 1 aromatic rings. The molecule has 1 N–H and O–H groups in total. The van der Waals surface area contributed by atoms with Gasteiger partial charge in [0, 0.05) is 24.3 Å². The van der Waals surface area contributed by atoms with Crippen LogP contribution in [0.3, 0.4) is 0 Å². The Hall–Kier alpha value is -1.09. The first-order valence-corrected chi connectivity index (χ1v) is 5.14. The van der Waals surface area contributed by atoms with Crippen molar-refractivity contribution in [1.82, 2.24) is 0 Å². The highest BCUT2D eigenvalue weighted by Crippen LogP contribution is 2.29. The third-order valence-electron chi connectivity index (χ3n) is 2.60. The minimum atomic E-state index is -0.789. The Morgan fingerprint density at radius 1 is 1.27 bits per heavy atom. The highest BCUT2D eigenvalue weighted by molar-refractivity contribution is 5.55. The number of nitrogens with zero attached hydrogens (tertiary/aromatic N) is 1. The van der Waals surface area contributed by atoms with E-state index in [1.165, 1.54) is 6.07 Å². The molecule has 1 aromatic carbocycles. The van der Waals surface area contributed by atoms with Crippen molar-refractivity contribution in [2.24, 2.45) is 0 Å². The summed E-state index contributed by atoms with van der Waals surface area (Å²) in [6.07, 6.45) is -0.789. The molecule has 3 heteroatoms. The molecule has 0 saturated carbocycles. The van der Waals surface area contributed by atoms with Crippen molar-refractivity contribution >= 4 is 5.69 Å². The Kier molecular flexibility index (Phi) is 3.69. The number of halogens is 1. The summed E-state index contributed by atoms with van der Waals surface area (Å²) in [7, 11) is 1.89. The molecule has 1 atom stereocenters. The van der Waals surface area contributed by atoms with Gasteiger partial charge in [-0.1, -0.05) is 6.07 Å². The summed E-state index contributed by atoms with van der Waals surface area (Å²) < 4.78 is 13.5. The molecule has 0 amide bonds. The molecule has 0 aliphatic rings. The fraction of sp³-hybridized carbons (Fsp3) is 0.500. The minimum absolute atomic E-state index is 0.268.